The maximum Gasteiger partial charge on any atom is 0.0793 e. The predicted molar refractivity (Wildman–Crippen MR) is 54.2 cm³/mol. The fourth-order valence-corrected chi connectivity index (χ4v) is 1.47. The maximum atomic E-state index is 9.78. The zero-order valence-electron chi connectivity index (χ0n) is 8.03. The number of nitrogens with two attached hydrogens (primary N) is 1. The van der Waals surface area contributed by atoms with Crippen LogP contribution in [0.5, 0.6) is 0 Å². The highest BCUT2D eigenvalue weighted by Gasteiger charge is 2.09. The predicted octanol–water partition coefficient (Wildman–Crippen LogP) is 1.98. The molecule has 13 heavy (non-hydrogen) atoms. The molecule has 2 nitrogen and oxygen atoms in total. The van der Waals surface area contributed by atoms with Crippen LogP contribution < -0.4 is 5.73 Å². The quantitative estimate of drug-likeness (QED) is 0.742. The average Bonchev–Trinajstić information content (AvgIpc) is 2.18. The minimum Gasteiger partial charge on any atom is -0.388 e. The Morgan fingerprint density at radius 3 is 2.69 bits per heavy atom. The van der Waals surface area contributed by atoms with E-state index in [0.717, 1.165) is 24.0 Å². The van der Waals surface area contributed by atoms with Crippen molar-refractivity contribution in [3.8, 4) is 0 Å². The lowest BCUT2D eigenvalue weighted by atomic mass is 9.99. The minimum absolute atomic E-state index is 0.357. The van der Waals surface area contributed by atoms with Gasteiger partial charge in [0.05, 0.1) is 6.10 Å². The molecule has 2 heteroatoms. The second kappa shape index (κ2) is 5.00. The van der Waals surface area contributed by atoms with Gasteiger partial charge in [-0.05, 0) is 17.5 Å². The first-order valence-corrected chi connectivity index (χ1v) is 4.75. The molecule has 0 heterocycles. The maximum absolute atomic E-state index is 9.78. The van der Waals surface area contributed by atoms with E-state index in [1.807, 2.05) is 24.3 Å². The molecule has 0 aromatic heterocycles. The minimum atomic E-state index is -0.357. The van der Waals surface area contributed by atoms with E-state index in [4.69, 9.17) is 5.73 Å². The largest absolute Gasteiger partial charge is 0.388 e. The van der Waals surface area contributed by atoms with E-state index < -0.39 is 0 Å². The number of aliphatic hydroxyl groups excluding tert-OH is 1. The lowest BCUT2D eigenvalue weighted by Crippen LogP contribution is -2.05. The Labute approximate surface area is 79.4 Å². The molecule has 0 amide bonds. The summed E-state index contributed by atoms with van der Waals surface area (Å²) >= 11 is 0. The smallest absolute Gasteiger partial charge is 0.0793 e. The molecule has 0 radical (unpaired) electrons. The lowest BCUT2D eigenvalue weighted by molar-refractivity contribution is 0.165. The molecule has 1 aromatic rings. The van der Waals surface area contributed by atoms with Crippen LogP contribution in [0.3, 0.4) is 0 Å². The highest BCUT2D eigenvalue weighted by Crippen LogP contribution is 2.21. The van der Waals surface area contributed by atoms with Crippen molar-refractivity contribution < 1.29 is 5.11 Å². The molecule has 0 bridgehead atoms. The fourth-order valence-electron chi connectivity index (χ4n) is 1.47. The zero-order chi connectivity index (χ0) is 9.68. The first-order chi connectivity index (χ1) is 6.29. The van der Waals surface area contributed by atoms with E-state index in [2.05, 4.69) is 6.92 Å². The van der Waals surface area contributed by atoms with Gasteiger partial charge in [-0.25, -0.2) is 0 Å². The van der Waals surface area contributed by atoms with Gasteiger partial charge in [0, 0.05) is 6.54 Å². The van der Waals surface area contributed by atoms with Crippen molar-refractivity contribution in [3.05, 3.63) is 35.4 Å². The monoisotopic (exact) mass is 179 g/mol. The van der Waals surface area contributed by atoms with Gasteiger partial charge >= 0.3 is 0 Å². The molecule has 1 rings (SSSR count). The Morgan fingerprint density at radius 1 is 1.38 bits per heavy atom. The SMILES string of the molecule is CCCC(O)c1ccccc1CN. The van der Waals surface area contributed by atoms with Crippen molar-refractivity contribution in [1.29, 1.82) is 0 Å². The van der Waals surface area contributed by atoms with Crippen LogP contribution in [0.2, 0.25) is 0 Å². The van der Waals surface area contributed by atoms with Crippen molar-refractivity contribution >= 4 is 0 Å². The molecule has 72 valence electrons. The third kappa shape index (κ3) is 2.54. The second-order valence-corrected chi connectivity index (χ2v) is 3.21. The molecular weight excluding hydrogens is 162 g/mol. The first-order valence-electron chi connectivity index (χ1n) is 4.75. The molecule has 0 fully saturated rings. The van der Waals surface area contributed by atoms with E-state index in [9.17, 15) is 5.11 Å². The molecule has 0 saturated heterocycles. The van der Waals surface area contributed by atoms with Gasteiger partial charge in [-0.2, -0.15) is 0 Å². The summed E-state index contributed by atoms with van der Waals surface area (Å²) in [6.07, 6.45) is 1.43. The summed E-state index contributed by atoms with van der Waals surface area (Å²) in [5, 5.41) is 9.78. The van der Waals surface area contributed by atoms with Crippen LogP contribution in [0, 0.1) is 0 Å². The highest BCUT2D eigenvalue weighted by molar-refractivity contribution is 5.28. The molecule has 1 atom stereocenters. The van der Waals surface area contributed by atoms with Gasteiger partial charge in [0.15, 0.2) is 0 Å². The number of benzene rings is 1. The summed E-state index contributed by atoms with van der Waals surface area (Å²) in [5.41, 5.74) is 7.60. The first kappa shape index (κ1) is 10.2. The van der Waals surface area contributed by atoms with Crippen LogP contribution in [-0.2, 0) is 6.54 Å². The molecule has 0 aliphatic carbocycles. The Bertz CT molecular complexity index is 260. The van der Waals surface area contributed by atoms with Crippen LogP contribution in [0.4, 0.5) is 0 Å². The summed E-state index contributed by atoms with van der Waals surface area (Å²) in [6.45, 7) is 2.56. The van der Waals surface area contributed by atoms with Gasteiger partial charge in [0.2, 0.25) is 0 Å². The summed E-state index contributed by atoms with van der Waals surface area (Å²) in [5.74, 6) is 0. The Morgan fingerprint density at radius 2 is 2.08 bits per heavy atom. The van der Waals surface area contributed by atoms with E-state index >= 15 is 0 Å². The zero-order valence-corrected chi connectivity index (χ0v) is 8.03. The van der Waals surface area contributed by atoms with Crippen LogP contribution in [0.15, 0.2) is 24.3 Å². The summed E-state index contributed by atoms with van der Waals surface area (Å²) in [4.78, 5) is 0. The van der Waals surface area contributed by atoms with Crippen molar-refractivity contribution in [3.63, 3.8) is 0 Å². The van der Waals surface area contributed by atoms with Crippen LogP contribution >= 0.6 is 0 Å². The van der Waals surface area contributed by atoms with Gasteiger partial charge in [0.25, 0.3) is 0 Å². The molecule has 0 aliphatic rings. The van der Waals surface area contributed by atoms with Crippen LogP contribution in [-0.4, -0.2) is 5.11 Å². The number of hydrogen-bond acceptors (Lipinski definition) is 2. The topological polar surface area (TPSA) is 46.2 Å². The van der Waals surface area contributed by atoms with Crippen LogP contribution in [0.1, 0.15) is 37.0 Å². The van der Waals surface area contributed by atoms with Gasteiger partial charge in [-0.1, -0.05) is 37.6 Å². The molecule has 0 saturated carbocycles. The highest BCUT2D eigenvalue weighted by atomic mass is 16.3. The summed E-state index contributed by atoms with van der Waals surface area (Å²) < 4.78 is 0. The third-order valence-electron chi connectivity index (χ3n) is 2.20. The molecule has 0 aliphatic heterocycles. The van der Waals surface area contributed by atoms with Crippen molar-refractivity contribution in [2.75, 3.05) is 0 Å². The number of aliphatic hydroxyl groups is 1. The van der Waals surface area contributed by atoms with Gasteiger partial charge < -0.3 is 10.8 Å². The Hall–Kier alpha value is -0.860. The molecule has 1 aromatic carbocycles. The van der Waals surface area contributed by atoms with E-state index in [1.54, 1.807) is 0 Å². The second-order valence-electron chi connectivity index (χ2n) is 3.21. The third-order valence-corrected chi connectivity index (χ3v) is 2.20. The standard InChI is InChI=1S/C11H17NO/c1-2-5-11(13)10-7-4-3-6-9(10)8-12/h3-4,6-7,11,13H,2,5,8,12H2,1H3. The van der Waals surface area contributed by atoms with Crippen molar-refractivity contribution in [1.82, 2.24) is 0 Å². The van der Waals surface area contributed by atoms with Gasteiger partial charge in [-0.3, -0.25) is 0 Å². The van der Waals surface area contributed by atoms with Gasteiger partial charge in [0.1, 0.15) is 0 Å². The molecule has 3 N–H and O–H groups in total. The van der Waals surface area contributed by atoms with Gasteiger partial charge in [-0.15, -0.1) is 0 Å². The fraction of sp³-hybridized carbons (Fsp3) is 0.455. The summed E-state index contributed by atoms with van der Waals surface area (Å²) in [6, 6.07) is 7.80. The summed E-state index contributed by atoms with van der Waals surface area (Å²) in [7, 11) is 0. The molecule has 1 unspecified atom stereocenters. The normalized spacial score (nSPS) is 12.8. The van der Waals surface area contributed by atoms with Crippen molar-refractivity contribution in [2.45, 2.75) is 32.4 Å². The Kier molecular flexibility index (Phi) is 3.93. The average molecular weight is 179 g/mol. The van der Waals surface area contributed by atoms with E-state index in [1.165, 1.54) is 0 Å². The van der Waals surface area contributed by atoms with E-state index in [0.29, 0.717) is 6.54 Å². The van der Waals surface area contributed by atoms with E-state index in [-0.39, 0.29) is 6.10 Å². The molecular formula is C11H17NO. The molecule has 0 spiro atoms. The lowest BCUT2D eigenvalue weighted by Gasteiger charge is -2.13. The van der Waals surface area contributed by atoms with Crippen molar-refractivity contribution in [2.24, 2.45) is 5.73 Å². The Balaban J connectivity index is 2.85. The number of rotatable bonds is 4. The number of hydrogen-bond donors (Lipinski definition) is 2. The van der Waals surface area contributed by atoms with Crippen LogP contribution in [0.25, 0.3) is 0 Å².